The fourth-order valence-corrected chi connectivity index (χ4v) is 1.98. The summed E-state index contributed by atoms with van der Waals surface area (Å²) in [5.41, 5.74) is 0. The lowest BCUT2D eigenvalue weighted by atomic mass is 10.4. The van der Waals surface area contributed by atoms with Gasteiger partial charge in [0.2, 0.25) is 0 Å². The number of nitrogens with one attached hydrogen (secondary N) is 1. The molecule has 2 heterocycles. The molecule has 0 atom stereocenters. The predicted octanol–water partition coefficient (Wildman–Crippen LogP) is 0.593. The topological polar surface area (TPSA) is 116 Å². The minimum Gasteiger partial charge on any atom is -0.478 e. The van der Waals surface area contributed by atoms with E-state index in [1.54, 1.807) is 0 Å². The summed E-state index contributed by atoms with van der Waals surface area (Å²) < 4.78 is 0.944. The molecular weight excluding hydrogens is 403 g/mol. The molecule has 1 aliphatic rings. The first-order valence-corrected chi connectivity index (χ1v) is 7.65. The minimum atomic E-state index is -1.26. The van der Waals surface area contributed by atoms with Crippen molar-refractivity contribution in [2.75, 3.05) is 31.1 Å². The molecule has 1 fully saturated rings. The Balaban J connectivity index is 0.000000261. The summed E-state index contributed by atoms with van der Waals surface area (Å²) in [6, 6.07) is 4.04. The zero-order valence-corrected chi connectivity index (χ0v) is 13.9. The van der Waals surface area contributed by atoms with Crippen LogP contribution in [0.25, 0.3) is 0 Å². The predicted molar refractivity (Wildman–Crippen MR) is 88.9 cm³/mol. The Hall–Kier alpha value is -1.75. The molecule has 0 spiro atoms. The average Bonchev–Trinajstić information content (AvgIpc) is 2.76. The second-order valence-electron chi connectivity index (χ2n) is 4.31. The van der Waals surface area contributed by atoms with Crippen molar-refractivity contribution < 1.29 is 19.8 Å². The number of halogens is 1. The number of nitrogens with zero attached hydrogens (tertiary/aromatic N) is 3. The van der Waals surface area contributed by atoms with Crippen LogP contribution in [0.15, 0.2) is 24.3 Å². The van der Waals surface area contributed by atoms with Crippen molar-refractivity contribution in [2.24, 2.45) is 0 Å². The number of rotatable bonds is 3. The van der Waals surface area contributed by atoms with E-state index in [2.05, 4.69) is 43.0 Å². The van der Waals surface area contributed by atoms with Gasteiger partial charge in [-0.15, -0.1) is 10.2 Å². The number of hydrogen-bond donors (Lipinski definition) is 3. The number of aromatic nitrogens is 2. The Kier molecular flexibility index (Phi) is 8.36. The fraction of sp³-hybridized carbons (Fsp3) is 0.385. The van der Waals surface area contributed by atoms with Crippen LogP contribution in [0.5, 0.6) is 0 Å². The minimum absolute atomic E-state index is 0.558. The Morgan fingerprint density at radius 1 is 1.14 bits per heavy atom. The fourth-order valence-electron chi connectivity index (χ4n) is 1.70. The summed E-state index contributed by atoms with van der Waals surface area (Å²) in [6.45, 7) is 4.24. The van der Waals surface area contributed by atoms with Crippen molar-refractivity contribution in [1.82, 2.24) is 15.5 Å². The van der Waals surface area contributed by atoms with Gasteiger partial charge in [-0.05, 0) is 47.7 Å². The van der Waals surface area contributed by atoms with E-state index >= 15 is 0 Å². The molecule has 2 rings (SSSR count). The van der Waals surface area contributed by atoms with Gasteiger partial charge in [-0.1, -0.05) is 0 Å². The van der Waals surface area contributed by atoms with Crippen LogP contribution < -0.4 is 10.2 Å². The van der Waals surface area contributed by atoms with Crippen molar-refractivity contribution in [3.63, 3.8) is 0 Å². The van der Waals surface area contributed by atoms with Gasteiger partial charge >= 0.3 is 11.9 Å². The van der Waals surface area contributed by atoms with Gasteiger partial charge in [0.15, 0.2) is 5.82 Å². The molecule has 1 aromatic heterocycles. The van der Waals surface area contributed by atoms with Crippen molar-refractivity contribution in [2.45, 2.75) is 6.42 Å². The van der Waals surface area contributed by atoms with Crippen molar-refractivity contribution in [1.29, 1.82) is 0 Å². The van der Waals surface area contributed by atoms with Gasteiger partial charge in [-0.25, -0.2) is 9.59 Å². The second kappa shape index (κ2) is 10.1. The molecule has 120 valence electrons. The van der Waals surface area contributed by atoms with Crippen molar-refractivity contribution in [3.8, 4) is 0 Å². The van der Waals surface area contributed by atoms with Gasteiger partial charge in [-0.3, -0.25) is 0 Å². The Morgan fingerprint density at radius 2 is 1.82 bits per heavy atom. The van der Waals surface area contributed by atoms with Crippen LogP contribution in [0, 0.1) is 3.70 Å². The van der Waals surface area contributed by atoms with E-state index in [4.69, 9.17) is 10.2 Å². The quantitative estimate of drug-likeness (QED) is 0.481. The number of carbonyl (C=O) groups is 2. The van der Waals surface area contributed by atoms with Crippen LogP contribution in [0.4, 0.5) is 5.82 Å². The third kappa shape index (κ3) is 7.88. The lowest BCUT2D eigenvalue weighted by Gasteiger charge is -2.19. The van der Waals surface area contributed by atoms with Crippen LogP contribution in [-0.2, 0) is 9.59 Å². The molecule has 8 nitrogen and oxygen atoms in total. The maximum Gasteiger partial charge on any atom is 0.328 e. The summed E-state index contributed by atoms with van der Waals surface area (Å²) in [6.07, 6.45) is 2.29. The highest BCUT2D eigenvalue weighted by Crippen LogP contribution is 2.11. The number of aliphatic carboxylic acids is 2. The van der Waals surface area contributed by atoms with E-state index in [9.17, 15) is 9.59 Å². The largest absolute Gasteiger partial charge is 0.478 e. The molecule has 0 unspecified atom stereocenters. The normalized spacial score (nSPS) is 14.9. The summed E-state index contributed by atoms with van der Waals surface area (Å²) >= 11 is 2.17. The first kappa shape index (κ1) is 18.3. The summed E-state index contributed by atoms with van der Waals surface area (Å²) in [7, 11) is 0. The van der Waals surface area contributed by atoms with E-state index < -0.39 is 11.9 Å². The maximum atomic E-state index is 9.55. The smallest absolute Gasteiger partial charge is 0.328 e. The van der Waals surface area contributed by atoms with Crippen LogP contribution >= 0.6 is 22.6 Å². The number of hydrogen-bond acceptors (Lipinski definition) is 6. The summed E-state index contributed by atoms with van der Waals surface area (Å²) in [5.74, 6) is -1.52. The van der Waals surface area contributed by atoms with E-state index in [-0.39, 0.29) is 0 Å². The summed E-state index contributed by atoms with van der Waals surface area (Å²) in [5, 5.41) is 27.2. The molecule has 0 aromatic carbocycles. The van der Waals surface area contributed by atoms with Crippen LogP contribution in [0.3, 0.4) is 0 Å². The molecule has 22 heavy (non-hydrogen) atoms. The Bertz CT molecular complexity index is 497. The molecule has 0 radical (unpaired) electrons. The standard InChI is InChI=1S/C9H13IN4.C4H4O4/c10-8-2-3-9(13-12-8)14-6-1-4-11-5-7-14;5-3(6)1-2-4(7)8/h2-3,11H,1,4-7H2;1-2H,(H,5,6)(H,7,8)/b;2-1+. The van der Waals surface area contributed by atoms with Crippen LogP contribution in [-0.4, -0.2) is 58.5 Å². The molecule has 0 saturated carbocycles. The molecule has 3 N–H and O–H groups in total. The molecule has 1 aromatic rings. The number of carboxylic acids is 2. The molecule has 9 heteroatoms. The SMILES string of the molecule is Ic1ccc(N2CCCNCC2)nn1.O=C(O)/C=C/C(=O)O. The first-order chi connectivity index (χ1) is 10.5. The highest BCUT2D eigenvalue weighted by molar-refractivity contribution is 14.1. The zero-order chi connectivity index (χ0) is 16.4. The van der Waals surface area contributed by atoms with Gasteiger partial charge < -0.3 is 20.4 Å². The third-order valence-corrected chi connectivity index (χ3v) is 3.23. The average molecular weight is 420 g/mol. The molecule has 0 bridgehead atoms. The second-order valence-corrected chi connectivity index (χ2v) is 5.42. The highest BCUT2D eigenvalue weighted by Gasteiger charge is 2.10. The molecular formula is C13H17IN4O4. The van der Waals surface area contributed by atoms with E-state index in [1.165, 1.54) is 6.42 Å². The van der Waals surface area contributed by atoms with Gasteiger partial charge in [0.1, 0.15) is 3.70 Å². The molecule has 1 aliphatic heterocycles. The first-order valence-electron chi connectivity index (χ1n) is 6.58. The Morgan fingerprint density at radius 3 is 2.36 bits per heavy atom. The van der Waals surface area contributed by atoms with Gasteiger partial charge in [0.05, 0.1) is 0 Å². The lowest BCUT2D eigenvalue weighted by Crippen LogP contribution is -2.28. The third-order valence-electron chi connectivity index (χ3n) is 2.65. The highest BCUT2D eigenvalue weighted by atomic mass is 127. The van der Waals surface area contributed by atoms with Gasteiger partial charge in [0.25, 0.3) is 0 Å². The zero-order valence-electron chi connectivity index (χ0n) is 11.8. The van der Waals surface area contributed by atoms with Gasteiger partial charge in [0, 0.05) is 31.8 Å². The van der Waals surface area contributed by atoms with Crippen molar-refractivity contribution >= 4 is 40.3 Å². The maximum absolute atomic E-state index is 9.55. The molecule has 1 saturated heterocycles. The molecule has 0 aliphatic carbocycles. The van der Waals surface area contributed by atoms with E-state index in [1.807, 2.05) is 12.1 Å². The molecule has 0 amide bonds. The lowest BCUT2D eigenvalue weighted by molar-refractivity contribution is -0.134. The van der Waals surface area contributed by atoms with Crippen molar-refractivity contribution in [3.05, 3.63) is 28.0 Å². The van der Waals surface area contributed by atoms with E-state index in [0.717, 1.165) is 35.7 Å². The summed E-state index contributed by atoms with van der Waals surface area (Å²) in [4.78, 5) is 21.4. The van der Waals surface area contributed by atoms with Crippen LogP contribution in [0.1, 0.15) is 6.42 Å². The Labute approximate surface area is 141 Å². The van der Waals surface area contributed by atoms with Gasteiger partial charge in [-0.2, -0.15) is 0 Å². The number of carboxylic acid groups (broad SMARTS) is 2. The monoisotopic (exact) mass is 420 g/mol. The van der Waals surface area contributed by atoms with Crippen LogP contribution in [0.2, 0.25) is 0 Å². The number of anilines is 1. The van der Waals surface area contributed by atoms with E-state index in [0.29, 0.717) is 12.2 Å².